The summed E-state index contributed by atoms with van der Waals surface area (Å²) in [6, 6.07) is 28.4. The Bertz CT molecular complexity index is 1410. The zero-order valence-electron chi connectivity index (χ0n) is 18.6. The average Bonchev–Trinajstić information content (AvgIpc) is 3.23. The zero-order valence-corrected chi connectivity index (χ0v) is 18.6. The van der Waals surface area contributed by atoms with Gasteiger partial charge in [-0.1, -0.05) is 48.5 Å². The number of aromatic nitrogens is 4. The summed E-state index contributed by atoms with van der Waals surface area (Å²) < 4.78 is 7.94. The molecule has 3 aromatic carbocycles. The number of para-hydroxylation sites is 1. The standard InChI is InChI=1S/C27H24N6O/c28-26-24-25(20-11-13-23(14-12-20)34-22-9-5-2-6-10-22)31-33(27(24)30-18-29-26)21-16-32(17-21)15-19-7-3-1-4-8-19/h1-14,18,21H,15-17H2,(H2,28,29,30). The van der Waals surface area contributed by atoms with Crippen molar-refractivity contribution >= 4 is 16.9 Å². The molecule has 0 spiro atoms. The summed E-state index contributed by atoms with van der Waals surface area (Å²) in [5.74, 6) is 2.00. The second-order valence-electron chi connectivity index (χ2n) is 8.52. The average molecular weight is 449 g/mol. The molecule has 0 saturated carbocycles. The zero-order chi connectivity index (χ0) is 22.9. The first-order valence-electron chi connectivity index (χ1n) is 11.3. The summed E-state index contributed by atoms with van der Waals surface area (Å²) in [6.45, 7) is 2.77. The number of fused-ring (bicyclic) bond motifs is 1. The molecule has 1 fully saturated rings. The summed E-state index contributed by atoms with van der Waals surface area (Å²) >= 11 is 0. The third-order valence-corrected chi connectivity index (χ3v) is 6.16. The van der Waals surface area contributed by atoms with Gasteiger partial charge in [-0.15, -0.1) is 0 Å². The van der Waals surface area contributed by atoms with Crippen LogP contribution in [0.25, 0.3) is 22.3 Å². The van der Waals surface area contributed by atoms with Crippen molar-refractivity contribution in [1.82, 2.24) is 24.6 Å². The molecule has 0 unspecified atom stereocenters. The third kappa shape index (κ3) is 3.86. The maximum Gasteiger partial charge on any atom is 0.164 e. The second-order valence-corrected chi connectivity index (χ2v) is 8.52. The van der Waals surface area contributed by atoms with E-state index >= 15 is 0 Å². The topological polar surface area (TPSA) is 82.1 Å². The summed E-state index contributed by atoms with van der Waals surface area (Å²) in [5.41, 5.74) is 10.1. The van der Waals surface area contributed by atoms with E-state index in [2.05, 4.69) is 39.1 Å². The molecule has 1 aliphatic rings. The SMILES string of the molecule is Nc1ncnc2c1c(-c1ccc(Oc3ccccc3)cc1)nn2C1CN(Cc2ccccc2)C1. The van der Waals surface area contributed by atoms with Gasteiger partial charge < -0.3 is 10.5 Å². The van der Waals surface area contributed by atoms with Crippen molar-refractivity contribution in [1.29, 1.82) is 0 Å². The van der Waals surface area contributed by atoms with Gasteiger partial charge in [0.25, 0.3) is 0 Å². The van der Waals surface area contributed by atoms with Crippen LogP contribution in [0.4, 0.5) is 5.82 Å². The maximum absolute atomic E-state index is 6.29. The number of hydrogen-bond donors (Lipinski definition) is 1. The minimum absolute atomic E-state index is 0.245. The van der Waals surface area contributed by atoms with Crippen molar-refractivity contribution in [2.75, 3.05) is 18.8 Å². The van der Waals surface area contributed by atoms with Gasteiger partial charge in [-0.2, -0.15) is 5.10 Å². The molecule has 7 heteroatoms. The molecule has 6 rings (SSSR count). The molecule has 3 heterocycles. The lowest BCUT2D eigenvalue weighted by Crippen LogP contribution is -2.47. The van der Waals surface area contributed by atoms with Gasteiger partial charge in [-0.05, 0) is 42.0 Å². The minimum Gasteiger partial charge on any atom is -0.457 e. The van der Waals surface area contributed by atoms with Gasteiger partial charge in [0.15, 0.2) is 5.65 Å². The predicted octanol–water partition coefficient (Wildman–Crippen LogP) is 4.92. The van der Waals surface area contributed by atoms with Crippen LogP contribution in [-0.2, 0) is 6.54 Å². The normalized spacial score (nSPS) is 14.2. The molecule has 5 aromatic rings. The number of rotatable bonds is 6. The quantitative estimate of drug-likeness (QED) is 0.397. The summed E-state index contributed by atoms with van der Waals surface area (Å²) in [7, 11) is 0. The van der Waals surface area contributed by atoms with Crippen LogP contribution in [0.15, 0.2) is 91.3 Å². The van der Waals surface area contributed by atoms with Crippen LogP contribution >= 0.6 is 0 Å². The molecular weight excluding hydrogens is 424 g/mol. The molecule has 0 amide bonds. The van der Waals surface area contributed by atoms with Gasteiger partial charge >= 0.3 is 0 Å². The van der Waals surface area contributed by atoms with Crippen LogP contribution in [0.2, 0.25) is 0 Å². The van der Waals surface area contributed by atoms with Crippen LogP contribution in [0.3, 0.4) is 0 Å². The molecule has 34 heavy (non-hydrogen) atoms. The first-order valence-corrected chi connectivity index (χ1v) is 11.3. The molecule has 0 radical (unpaired) electrons. The van der Waals surface area contributed by atoms with E-state index < -0.39 is 0 Å². The molecule has 0 aliphatic carbocycles. The second kappa shape index (κ2) is 8.61. The predicted molar refractivity (Wildman–Crippen MR) is 132 cm³/mol. The van der Waals surface area contributed by atoms with Crippen molar-refractivity contribution in [2.45, 2.75) is 12.6 Å². The number of hydrogen-bond acceptors (Lipinski definition) is 6. The van der Waals surface area contributed by atoms with Crippen LogP contribution in [0, 0.1) is 0 Å². The maximum atomic E-state index is 6.29. The summed E-state index contributed by atoms with van der Waals surface area (Å²) in [4.78, 5) is 11.2. The number of benzene rings is 3. The molecule has 1 aliphatic heterocycles. The van der Waals surface area contributed by atoms with E-state index in [1.54, 1.807) is 0 Å². The van der Waals surface area contributed by atoms with Gasteiger partial charge in [-0.25, -0.2) is 14.6 Å². The highest BCUT2D eigenvalue weighted by Gasteiger charge is 2.31. The molecule has 1 saturated heterocycles. The van der Waals surface area contributed by atoms with Crippen molar-refractivity contribution in [2.24, 2.45) is 0 Å². The van der Waals surface area contributed by atoms with E-state index in [0.29, 0.717) is 5.82 Å². The number of ether oxygens (including phenoxy) is 1. The van der Waals surface area contributed by atoms with E-state index in [4.69, 9.17) is 15.6 Å². The van der Waals surface area contributed by atoms with Gasteiger partial charge in [0.2, 0.25) is 0 Å². The van der Waals surface area contributed by atoms with Crippen molar-refractivity contribution in [3.63, 3.8) is 0 Å². The Kier molecular flexibility index (Phi) is 5.16. The Labute approximate surface area is 197 Å². The lowest BCUT2D eigenvalue weighted by molar-refractivity contribution is 0.0935. The number of nitrogens with two attached hydrogens (primary N) is 1. The molecule has 2 aromatic heterocycles. The highest BCUT2D eigenvalue weighted by molar-refractivity contribution is 5.98. The fourth-order valence-corrected chi connectivity index (χ4v) is 4.43. The van der Waals surface area contributed by atoms with Crippen LogP contribution in [0.1, 0.15) is 11.6 Å². The van der Waals surface area contributed by atoms with Gasteiger partial charge in [0.05, 0.1) is 11.4 Å². The van der Waals surface area contributed by atoms with E-state index in [-0.39, 0.29) is 6.04 Å². The highest BCUT2D eigenvalue weighted by atomic mass is 16.5. The smallest absolute Gasteiger partial charge is 0.164 e. The summed E-state index contributed by atoms with van der Waals surface area (Å²) in [5, 5.41) is 5.76. The number of nitrogens with zero attached hydrogens (tertiary/aromatic N) is 5. The Morgan fingerprint density at radius 2 is 1.50 bits per heavy atom. The Balaban J connectivity index is 1.26. The Hall–Kier alpha value is -4.23. The van der Waals surface area contributed by atoms with Crippen LogP contribution in [0.5, 0.6) is 11.5 Å². The third-order valence-electron chi connectivity index (χ3n) is 6.16. The Morgan fingerprint density at radius 3 is 2.24 bits per heavy atom. The first kappa shape index (κ1) is 20.4. The van der Waals surface area contributed by atoms with Crippen LogP contribution in [-0.4, -0.2) is 37.7 Å². The lowest BCUT2D eigenvalue weighted by atomic mass is 10.1. The van der Waals surface area contributed by atoms with Crippen molar-refractivity contribution in [3.8, 4) is 22.8 Å². The lowest BCUT2D eigenvalue weighted by Gasteiger charge is -2.39. The van der Waals surface area contributed by atoms with Crippen LogP contribution < -0.4 is 10.5 Å². The highest BCUT2D eigenvalue weighted by Crippen LogP contribution is 2.35. The van der Waals surface area contributed by atoms with E-state index in [1.165, 1.54) is 11.9 Å². The largest absolute Gasteiger partial charge is 0.457 e. The number of nitrogen functional groups attached to an aromatic ring is 1. The fraction of sp³-hybridized carbons (Fsp3) is 0.148. The minimum atomic E-state index is 0.245. The van der Waals surface area contributed by atoms with E-state index in [1.807, 2.05) is 65.3 Å². The number of anilines is 1. The summed E-state index contributed by atoms with van der Waals surface area (Å²) in [6.07, 6.45) is 1.51. The van der Waals surface area contributed by atoms with Gasteiger partial charge in [-0.3, -0.25) is 4.90 Å². The van der Waals surface area contributed by atoms with E-state index in [9.17, 15) is 0 Å². The van der Waals surface area contributed by atoms with E-state index in [0.717, 1.165) is 53.4 Å². The van der Waals surface area contributed by atoms with Gasteiger partial charge in [0.1, 0.15) is 29.3 Å². The molecule has 0 atom stereocenters. The Morgan fingerprint density at radius 1 is 0.824 bits per heavy atom. The molecule has 168 valence electrons. The van der Waals surface area contributed by atoms with Gasteiger partial charge in [0, 0.05) is 25.2 Å². The molecule has 0 bridgehead atoms. The van der Waals surface area contributed by atoms with Crippen molar-refractivity contribution in [3.05, 3.63) is 96.8 Å². The monoisotopic (exact) mass is 448 g/mol. The molecule has 7 nitrogen and oxygen atoms in total. The fourth-order valence-electron chi connectivity index (χ4n) is 4.43. The first-order chi connectivity index (χ1) is 16.7. The molecule has 2 N–H and O–H groups in total. The number of likely N-dealkylation sites (tertiary alicyclic amines) is 1. The van der Waals surface area contributed by atoms with Crippen molar-refractivity contribution < 1.29 is 4.74 Å². The molecular formula is C27H24N6O.